The number of hydrogen-bond acceptors (Lipinski definition) is 3. The quantitative estimate of drug-likeness (QED) is 0.854. The second-order valence-corrected chi connectivity index (χ2v) is 6.59. The molecule has 2 saturated heterocycles. The van der Waals surface area contributed by atoms with E-state index in [4.69, 9.17) is 0 Å². The van der Waals surface area contributed by atoms with Crippen LogP contribution in [-0.4, -0.2) is 43.3 Å². The van der Waals surface area contributed by atoms with Crippen molar-refractivity contribution < 1.29 is 22.7 Å². The van der Waals surface area contributed by atoms with Gasteiger partial charge in [0.2, 0.25) is 0 Å². The van der Waals surface area contributed by atoms with Crippen LogP contribution < -0.4 is 10.1 Å². The van der Waals surface area contributed by atoms with Crippen LogP contribution in [0.15, 0.2) is 24.3 Å². The fourth-order valence-electron chi connectivity index (χ4n) is 3.67. The van der Waals surface area contributed by atoms with Gasteiger partial charge in [-0.2, -0.15) is 0 Å². The first kappa shape index (κ1) is 19.8. The van der Waals surface area contributed by atoms with Crippen molar-refractivity contribution in [3.63, 3.8) is 0 Å². The van der Waals surface area contributed by atoms with Crippen LogP contribution in [0.2, 0.25) is 0 Å². The van der Waals surface area contributed by atoms with Crippen molar-refractivity contribution in [1.82, 2.24) is 10.2 Å². The topological polar surface area (TPSA) is 41.6 Å². The normalized spacial score (nSPS) is 20.0. The highest BCUT2D eigenvalue weighted by Gasteiger charge is 2.38. The molecule has 0 aromatic heterocycles. The minimum atomic E-state index is -4.81. The SMILES string of the molecule is Cl.O=C(c1ccccc1OC(F)(F)F)N1CCC2(CCNCC2)CC1. The van der Waals surface area contributed by atoms with Gasteiger partial charge < -0.3 is 15.0 Å². The number of ether oxygens (including phenoxy) is 1. The van der Waals surface area contributed by atoms with Gasteiger partial charge in [0, 0.05) is 13.1 Å². The molecular weight excluding hydrogens is 357 g/mol. The Labute approximate surface area is 151 Å². The second kappa shape index (κ2) is 7.83. The Bertz CT molecular complexity index is 594. The van der Waals surface area contributed by atoms with Crippen molar-refractivity contribution in [3.05, 3.63) is 29.8 Å². The molecule has 0 unspecified atom stereocenters. The van der Waals surface area contributed by atoms with Crippen LogP contribution in [0.5, 0.6) is 5.75 Å². The van der Waals surface area contributed by atoms with Gasteiger partial charge in [-0.3, -0.25) is 4.79 Å². The van der Waals surface area contributed by atoms with Crippen LogP contribution in [-0.2, 0) is 0 Å². The monoisotopic (exact) mass is 378 g/mol. The van der Waals surface area contributed by atoms with Crippen LogP contribution in [0.25, 0.3) is 0 Å². The number of rotatable bonds is 2. The highest BCUT2D eigenvalue weighted by molar-refractivity contribution is 5.97. The number of nitrogens with one attached hydrogen (secondary N) is 1. The molecule has 2 aliphatic heterocycles. The molecule has 2 aliphatic rings. The third kappa shape index (κ3) is 4.79. The summed E-state index contributed by atoms with van der Waals surface area (Å²) in [5.41, 5.74) is 0.250. The molecule has 1 aromatic rings. The van der Waals surface area contributed by atoms with E-state index in [1.807, 2.05) is 0 Å². The number of amides is 1. The van der Waals surface area contributed by atoms with Crippen LogP contribution in [0, 0.1) is 5.41 Å². The van der Waals surface area contributed by atoms with E-state index in [9.17, 15) is 18.0 Å². The highest BCUT2D eigenvalue weighted by Crippen LogP contribution is 2.40. The number of piperidine rings is 2. The Kier molecular flexibility index (Phi) is 6.21. The summed E-state index contributed by atoms with van der Waals surface area (Å²) in [6.07, 6.45) is -0.797. The predicted molar refractivity (Wildman–Crippen MR) is 90.0 cm³/mol. The number of benzene rings is 1. The zero-order valence-corrected chi connectivity index (χ0v) is 14.6. The fourth-order valence-corrected chi connectivity index (χ4v) is 3.67. The van der Waals surface area contributed by atoms with Crippen LogP contribution in [0.4, 0.5) is 13.2 Å². The van der Waals surface area contributed by atoms with Gasteiger partial charge in [-0.25, -0.2) is 0 Å². The number of hydrogen-bond donors (Lipinski definition) is 1. The largest absolute Gasteiger partial charge is 0.573 e. The van der Waals surface area contributed by atoms with E-state index in [1.54, 1.807) is 11.0 Å². The molecule has 25 heavy (non-hydrogen) atoms. The summed E-state index contributed by atoms with van der Waals surface area (Å²) in [5, 5.41) is 3.34. The number of carbonyl (C=O) groups excluding carboxylic acids is 1. The lowest BCUT2D eigenvalue weighted by molar-refractivity contribution is -0.274. The van der Waals surface area contributed by atoms with E-state index >= 15 is 0 Å². The molecule has 4 nitrogen and oxygen atoms in total. The zero-order chi connectivity index (χ0) is 17.2. The van der Waals surface area contributed by atoms with Gasteiger partial charge in [-0.1, -0.05) is 12.1 Å². The van der Waals surface area contributed by atoms with Crippen molar-refractivity contribution in [2.24, 2.45) is 5.41 Å². The number of para-hydroxylation sites is 1. The molecule has 0 atom stereocenters. The smallest absolute Gasteiger partial charge is 0.405 e. The number of alkyl halides is 3. The van der Waals surface area contributed by atoms with Crippen LogP contribution in [0.3, 0.4) is 0 Å². The number of likely N-dealkylation sites (tertiary alicyclic amines) is 1. The van der Waals surface area contributed by atoms with E-state index in [-0.39, 0.29) is 23.4 Å². The second-order valence-electron chi connectivity index (χ2n) is 6.59. The minimum Gasteiger partial charge on any atom is -0.405 e. The Hall–Kier alpha value is -1.47. The number of carbonyl (C=O) groups is 1. The molecule has 0 radical (unpaired) electrons. The van der Waals surface area contributed by atoms with Gasteiger partial charge in [0.05, 0.1) is 5.56 Å². The van der Waals surface area contributed by atoms with Gasteiger partial charge in [0.15, 0.2) is 0 Å². The van der Waals surface area contributed by atoms with Crippen molar-refractivity contribution in [2.45, 2.75) is 32.0 Å². The first-order valence-electron chi connectivity index (χ1n) is 8.23. The Morgan fingerprint density at radius 1 is 1.08 bits per heavy atom. The zero-order valence-electron chi connectivity index (χ0n) is 13.8. The predicted octanol–water partition coefficient (Wildman–Crippen LogP) is 3.61. The average molecular weight is 379 g/mol. The van der Waals surface area contributed by atoms with Gasteiger partial charge in [0.25, 0.3) is 5.91 Å². The molecule has 2 fully saturated rings. The summed E-state index contributed by atoms with van der Waals surface area (Å²) >= 11 is 0. The summed E-state index contributed by atoms with van der Waals surface area (Å²) in [5.74, 6) is -0.823. The van der Waals surface area contributed by atoms with Gasteiger partial charge in [-0.15, -0.1) is 25.6 Å². The Balaban J connectivity index is 0.00000225. The van der Waals surface area contributed by atoms with Crippen molar-refractivity contribution in [3.8, 4) is 5.75 Å². The molecule has 1 N–H and O–H groups in total. The number of halogens is 4. The number of nitrogens with zero attached hydrogens (tertiary/aromatic N) is 1. The van der Waals surface area contributed by atoms with E-state index in [2.05, 4.69) is 10.1 Å². The summed E-state index contributed by atoms with van der Waals surface area (Å²) in [6, 6.07) is 5.55. The van der Waals surface area contributed by atoms with Crippen LogP contribution in [0.1, 0.15) is 36.0 Å². The third-order valence-electron chi connectivity index (χ3n) is 5.12. The molecule has 0 saturated carbocycles. The highest BCUT2D eigenvalue weighted by atomic mass is 35.5. The minimum absolute atomic E-state index is 0. The van der Waals surface area contributed by atoms with Crippen molar-refractivity contribution >= 4 is 18.3 Å². The molecule has 0 aliphatic carbocycles. The summed E-state index contributed by atoms with van der Waals surface area (Å²) in [4.78, 5) is 14.3. The molecule has 3 rings (SSSR count). The lowest BCUT2D eigenvalue weighted by Crippen LogP contribution is -2.47. The molecular formula is C17H22ClF3N2O2. The van der Waals surface area contributed by atoms with Crippen molar-refractivity contribution in [1.29, 1.82) is 0 Å². The van der Waals surface area contributed by atoms with Gasteiger partial charge >= 0.3 is 6.36 Å². The maximum absolute atomic E-state index is 12.6. The average Bonchev–Trinajstić information content (AvgIpc) is 2.55. The first-order valence-corrected chi connectivity index (χ1v) is 8.23. The molecule has 1 aromatic carbocycles. The summed E-state index contributed by atoms with van der Waals surface area (Å²) < 4.78 is 41.5. The standard InChI is InChI=1S/C17H21F3N2O2.ClH/c18-17(19,20)24-14-4-2-1-3-13(14)15(23)22-11-7-16(8-12-22)5-9-21-10-6-16;/h1-4,21H,5-12H2;1H. The van der Waals surface area contributed by atoms with E-state index in [1.165, 1.54) is 18.2 Å². The fraction of sp³-hybridized carbons (Fsp3) is 0.588. The lowest BCUT2D eigenvalue weighted by Gasteiger charge is -2.44. The molecule has 1 amide bonds. The maximum atomic E-state index is 12.6. The molecule has 2 heterocycles. The van der Waals surface area contributed by atoms with Gasteiger partial charge in [-0.05, 0) is 56.3 Å². The molecule has 140 valence electrons. The van der Waals surface area contributed by atoms with E-state index in [0.29, 0.717) is 13.1 Å². The Morgan fingerprint density at radius 3 is 2.28 bits per heavy atom. The summed E-state index contributed by atoms with van der Waals surface area (Å²) in [7, 11) is 0. The van der Waals surface area contributed by atoms with E-state index < -0.39 is 18.0 Å². The van der Waals surface area contributed by atoms with Crippen molar-refractivity contribution in [2.75, 3.05) is 26.2 Å². The molecule has 0 bridgehead atoms. The van der Waals surface area contributed by atoms with Gasteiger partial charge in [0.1, 0.15) is 5.75 Å². The Morgan fingerprint density at radius 2 is 1.68 bits per heavy atom. The lowest BCUT2D eigenvalue weighted by atomic mass is 9.71. The van der Waals surface area contributed by atoms with E-state index in [0.717, 1.165) is 38.8 Å². The first-order chi connectivity index (χ1) is 11.4. The molecule has 8 heteroatoms. The summed E-state index contributed by atoms with van der Waals surface area (Å²) in [6.45, 7) is 3.16. The molecule has 1 spiro atoms. The third-order valence-corrected chi connectivity index (χ3v) is 5.12. The van der Waals surface area contributed by atoms with Crippen LogP contribution >= 0.6 is 12.4 Å². The maximum Gasteiger partial charge on any atom is 0.573 e.